The van der Waals surface area contributed by atoms with Gasteiger partial charge in [-0.1, -0.05) is 12.1 Å². The lowest BCUT2D eigenvalue weighted by atomic mass is 9.91. The molecule has 1 fully saturated rings. The molecule has 2 aromatic rings. The van der Waals surface area contributed by atoms with Crippen LogP contribution in [0.15, 0.2) is 36.7 Å². The van der Waals surface area contributed by atoms with Gasteiger partial charge >= 0.3 is 0 Å². The van der Waals surface area contributed by atoms with Gasteiger partial charge in [0.2, 0.25) is 0 Å². The van der Waals surface area contributed by atoms with E-state index in [0.29, 0.717) is 11.6 Å². The molecule has 1 amide bonds. The lowest BCUT2D eigenvalue weighted by Crippen LogP contribution is -2.40. The Morgan fingerprint density at radius 1 is 1.33 bits per heavy atom. The lowest BCUT2D eigenvalue weighted by molar-refractivity contribution is 0.0662. The molecule has 0 N–H and O–H groups in total. The monoisotopic (exact) mass is 327 g/mol. The first-order valence-corrected chi connectivity index (χ1v) is 8.44. The average molecular weight is 327 g/mol. The molecule has 0 unspecified atom stereocenters. The molecule has 2 heterocycles. The van der Waals surface area contributed by atoms with Crippen LogP contribution in [0.2, 0.25) is 0 Å². The zero-order chi connectivity index (χ0) is 16.9. The van der Waals surface area contributed by atoms with Crippen LogP contribution in [-0.2, 0) is 6.42 Å². The topological polar surface area (TPSA) is 46.1 Å². The lowest BCUT2D eigenvalue weighted by Gasteiger charge is -2.32. The molecule has 0 saturated carbocycles. The average Bonchev–Trinajstić information content (AvgIpc) is 2.60. The number of likely N-dealkylation sites (tertiary alicyclic amines) is 1. The second-order valence-corrected chi connectivity index (χ2v) is 6.47. The summed E-state index contributed by atoms with van der Waals surface area (Å²) < 4.78 is 13.3. The summed E-state index contributed by atoms with van der Waals surface area (Å²) >= 11 is 0. The minimum atomic E-state index is -0.189. The summed E-state index contributed by atoms with van der Waals surface area (Å²) in [6.45, 7) is 3.36. The Morgan fingerprint density at radius 3 is 2.96 bits per heavy atom. The van der Waals surface area contributed by atoms with Crippen molar-refractivity contribution in [3.63, 3.8) is 0 Å². The van der Waals surface area contributed by atoms with E-state index >= 15 is 0 Å². The number of hydrogen-bond acceptors (Lipinski definition) is 3. The Bertz CT molecular complexity index is 702. The number of aromatic nitrogens is 2. The third-order valence-electron chi connectivity index (χ3n) is 4.54. The second-order valence-electron chi connectivity index (χ2n) is 6.47. The summed E-state index contributed by atoms with van der Waals surface area (Å²) in [5, 5.41) is 0. The van der Waals surface area contributed by atoms with Crippen LogP contribution in [-0.4, -0.2) is 33.9 Å². The van der Waals surface area contributed by atoms with E-state index in [4.69, 9.17) is 0 Å². The van der Waals surface area contributed by atoms with Gasteiger partial charge in [-0.25, -0.2) is 9.37 Å². The van der Waals surface area contributed by atoms with Crippen LogP contribution in [0.4, 0.5) is 4.39 Å². The van der Waals surface area contributed by atoms with Crippen LogP contribution >= 0.6 is 0 Å². The largest absolute Gasteiger partial charge is 0.337 e. The van der Waals surface area contributed by atoms with E-state index in [1.807, 2.05) is 17.9 Å². The van der Waals surface area contributed by atoms with Crippen LogP contribution in [0.3, 0.4) is 0 Å². The number of carbonyl (C=O) groups excluding carboxylic acids is 1. The third kappa shape index (κ3) is 4.16. The first-order valence-electron chi connectivity index (χ1n) is 8.44. The van der Waals surface area contributed by atoms with E-state index in [1.54, 1.807) is 24.5 Å². The molecule has 3 rings (SSSR count). The maximum absolute atomic E-state index is 13.3. The van der Waals surface area contributed by atoms with E-state index < -0.39 is 0 Å². The molecule has 1 aromatic carbocycles. The molecule has 1 atom stereocenters. The van der Waals surface area contributed by atoms with Crippen molar-refractivity contribution in [1.29, 1.82) is 0 Å². The Kier molecular flexibility index (Phi) is 5.18. The predicted molar refractivity (Wildman–Crippen MR) is 90.1 cm³/mol. The minimum Gasteiger partial charge on any atom is -0.337 e. The van der Waals surface area contributed by atoms with Crippen molar-refractivity contribution in [3.8, 4) is 0 Å². The third-order valence-corrected chi connectivity index (χ3v) is 4.54. The van der Waals surface area contributed by atoms with Gasteiger partial charge in [0, 0.05) is 19.3 Å². The Morgan fingerprint density at radius 2 is 2.21 bits per heavy atom. The molecule has 1 aliphatic rings. The fourth-order valence-electron chi connectivity index (χ4n) is 3.21. The SMILES string of the molecule is Cc1cnc(C(=O)N2CCC[C@H](CCc3cccc(F)c3)C2)cn1. The molecule has 5 heteroatoms. The Labute approximate surface area is 141 Å². The standard InChI is InChI=1S/C19H22FN3O/c1-14-11-22-18(12-21-14)19(24)23-9-3-5-16(13-23)8-7-15-4-2-6-17(20)10-15/h2,4,6,10-12,16H,3,5,7-9,13H2,1H3/t16-/m1/s1. The normalized spacial score (nSPS) is 17.8. The first kappa shape index (κ1) is 16.6. The van der Waals surface area contributed by atoms with Gasteiger partial charge in [0.05, 0.1) is 11.9 Å². The highest BCUT2D eigenvalue weighted by atomic mass is 19.1. The van der Waals surface area contributed by atoms with Crippen LogP contribution in [0, 0.1) is 18.7 Å². The van der Waals surface area contributed by atoms with Gasteiger partial charge in [0.25, 0.3) is 5.91 Å². The van der Waals surface area contributed by atoms with E-state index in [-0.39, 0.29) is 11.7 Å². The van der Waals surface area contributed by atoms with E-state index in [1.165, 1.54) is 6.07 Å². The van der Waals surface area contributed by atoms with Crippen molar-refractivity contribution in [2.45, 2.75) is 32.6 Å². The van der Waals surface area contributed by atoms with Gasteiger partial charge in [-0.05, 0) is 56.2 Å². The molecular weight excluding hydrogens is 305 g/mol. The van der Waals surface area contributed by atoms with Gasteiger partial charge in [0.15, 0.2) is 0 Å². The zero-order valence-electron chi connectivity index (χ0n) is 13.9. The predicted octanol–water partition coefficient (Wildman–Crippen LogP) is 3.41. The van der Waals surface area contributed by atoms with Gasteiger partial charge in [-0.3, -0.25) is 9.78 Å². The molecule has 126 valence electrons. The number of halogens is 1. The number of amides is 1. The second kappa shape index (κ2) is 7.51. The quantitative estimate of drug-likeness (QED) is 0.864. The number of hydrogen-bond donors (Lipinski definition) is 0. The number of benzene rings is 1. The highest BCUT2D eigenvalue weighted by molar-refractivity contribution is 5.92. The fourth-order valence-corrected chi connectivity index (χ4v) is 3.21. The van der Waals surface area contributed by atoms with Gasteiger partial charge in [0.1, 0.15) is 11.5 Å². The molecule has 1 aromatic heterocycles. The van der Waals surface area contributed by atoms with Crippen molar-refractivity contribution in [1.82, 2.24) is 14.9 Å². The van der Waals surface area contributed by atoms with Crippen LogP contribution in [0.25, 0.3) is 0 Å². The van der Waals surface area contributed by atoms with Crippen LogP contribution in [0.5, 0.6) is 0 Å². The summed E-state index contributed by atoms with van der Waals surface area (Å²) in [6.07, 6.45) is 7.09. The number of nitrogens with zero attached hydrogens (tertiary/aromatic N) is 3. The maximum Gasteiger partial charge on any atom is 0.274 e. The summed E-state index contributed by atoms with van der Waals surface area (Å²) in [5.74, 6) is 0.216. The molecule has 1 aliphatic heterocycles. The fraction of sp³-hybridized carbons (Fsp3) is 0.421. The van der Waals surface area contributed by atoms with E-state index in [0.717, 1.165) is 50.0 Å². The summed E-state index contributed by atoms with van der Waals surface area (Å²) in [6, 6.07) is 6.76. The number of rotatable bonds is 4. The van der Waals surface area contributed by atoms with Gasteiger partial charge in [-0.15, -0.1) is 0 Å². The molecular formula is C19H22FN3O. The number of carbonyl (C=O) groups is 1. The molecule has 0 bridgehead atoms. The van der Waals surface area contributed by atoms with Crippen LogP contribution < -0.4 is 0 Å². The summed E-state index contributed by atoms with van der Waals surface area (Å²) in [5.41, 5.74) is 2.23. The maximum atomic E-state index is 13.3. The highest BCUT2D eigenvalue weighted by Crippen LogP contribution is 2.22. The zero-order valence-corrected chi connectivity index (χ0v) is 13.9. The Hall–Kier alpha value is -2.30. The molecule has 4 nitrogen and oxygen atoms in total. The van der Waals surface area contributed by atoms with Crippen LogP contribution in [0.1, 0.15) is 41.0 Å². The molecule has 0 aliphatic carbocycles. The smallest absolute Gasteiger partial charge is 0.274 e. The molecule has 0 spiro atoms. The Balaban J connectivity index is 1.57. The van der Waals surface area contributed by atoms with E-state index in [9.17, 15) is 9.18 Å². The highest BCUT2D eigenvalue weighted by Gasteiger charge is 2.25. The van der Waals surface area contributed by atoms with Crippen molar-refractivity contribution in [2.24, 2.45) is 5.92 Å². The van der Waals surface area contributed by atoms with Crippen molar-refractivity contribution < 1.29 is 9.18 Å². The molecule has 0 radical (unpaired) electrons. The number of piperidine rings is 1. The van der Waals surface area contributed by atoms with Crippen molar-refractivity contribution in [2.75, 3.05) is 13.1 Å². The van der Waals surface area contributed by atoms with Gasteiger partial charge in [-0.2, -0.15) is 0 Å². The van der Waals surface area contributed by atoms with Crippen molar-refractivity contribution >= 4 is 5.91 Å². The summed E-state index contributed by atoms with van der Waals surface area (Å²) in [7, 11) is 0. The van der Waals surface area contributed by atoms with Crippen molar-refractivity contribution in [3.05, 3.63) is 59.4 Å². The first-order chi connectivity index (χ1) is 11.6. The number of aryl methyl sites for hydroxylation is 2. The van der Waals surface area contributed by atoms with Gasteiger partial charge < -0.3 is 4.90 Å². The minimum absolute atomic E-state index is 0.0436. The van der Waals surface area contributed by atoms with E-state index in [2.05, 4.69) is 9.97 Å². The molecule has 1 saturated heterocycles. The summed E-state index contributed by atoms with van der Waals surface area (Å²) in [4.78, 5) is 22.8. The molecule has 24 heavy (non-hydrogen) atoms.